The van der Waals surface area contributed by atoms with Crippen LogP contribution >= 0.6 is 23.2 Å². The molecule has 2 aromatic rings. The van der Waals surface area contributed by atoms with Crippen molar-refractivity contribution < 1.29 is 19.2 Å². The minimum Gasteiger partial charge on any atom is -0.334 e. The number of urea groups is 1. The van der Waals surface area contributed by atoms with E-state index in [0.717, 1.165) is 16.7 Å². The molecular weight excluding hydrogens is 467 g/mol. The van der Waals surface area contributed by atoms with E-state index in [1.165, 1.54) is 4.90 Å². The smallest absolute Gasteiger partial charge is 0.319 e. The molecule has 33 heavy (non-hydrogen) atoms. The quantitative estimate of drug-likeness (QED) is 0.570. The lowest BCUT2D eigenvalue weighted by atomic mass is 10.0. The monoisotopic (exact) mass is 488 g/mol. The molecule has 2 aliphatic heterocycles. The van der Waals surface area contributed by atoms with Gasteiger partial charge >= 0.3 is 6.03 Å². The lowest BCUT2D eigenvalue weighted by Crippen LogP contribution is -2.52. The fourth-order valence-corrected chi connectivity index (χ4v) is 4.62. The number of anilines is 1. The highest BCUT2D eigenvalue weighted by Gasteiger charge is 2.39. The first-order chi connectivity index (χ1) is 15.7. The van der Waals surface area contributed by atoms with Crippen molar-refractivity contribution >= 4 is 52.6 Å². The van der Waals surface area contributed by atoms with Crippen LogP contribution in [0.5, 0.6) is 0 Å². The zero-order valence-electron chi connectivity index (χ0n) is 18.1. The van der Waals surface area contributed by atoms with E-state index >= 15 is 0 Å². The minimum atomic E-state index is -0.663. The maximum Gasteiger partial charge on any atom is 0.319 e. The van der Waals surface area contributed by atoms with Crippen molar-refractivity contribution in [1.82, 2.24) is 15.5 Å². The lowest BCUT2D eigenvalue weighted by Gasteiger charge is -2.29. The fourth-order valence-electron chi connectivity index (χ4n) is 4.12. The van der Waals surface area contributed by atoms with E-state index in [0.29, 0.717) is 39.8 Å². The number of hydrogen-bond acceptors (Lipinski definition) is 4. The van der Waals surface area contributed by atoms with Crippen molar-refractivity contribution in [2.24, 2.45) is 0 Å². The van der Waals surface area contributed by atoms with Crippen LogP contribution in [0.25, 0.3) is 0 Å². The Kier molecular flexibility index (Phi) is 6.32. The van der Waals surface area contributed by atoms with Gasteiger partial charge in [-0.2, -0.15) is 0 Å². The number of rotatable bonds is 4. The van der Waals surface area contributed by atoms with Crippen LogP contribution in [0, 0.1) is 13.8 Å². The van der Waals surface area contributed by atoms with Gasteiger partial charge in [0.25, 0.3) is 5.91 Å². The normalized spacial score (nSPS) is 17.6. The van der Waals surface area contributed by atoms with E-state index in [-0.39, 0.29) is 24.8 Å². The van der Waals surface area contributed by atoms with Crippen LogP contribution in [0.3, 0.4) is 0 Å². The van der Waals surface area contributed by atoms with Crippen LogP contribution in [0.1, 0.15) is 45.5 Å². The van der Waals surface area contributed by atoms with Crippen molar-refractivity contribution in [1.29, 1.82) is 0 Å². The number of nitrogens with one attached hydrogen (secondary N) is 3. The number of aryl methyl sites for hydroxylation is 1. The van der Waals surface area contributed by atoms with Gasteiger partial charge in [0.2, 0.25) is 11.8 Å². The average molecular weight is 489 g/mol. The molecule has 4 rings (SSSR count). The van der Waals surface area contributed by atoms with Crippen LogP contribution < -0.4 is 16.0 Å². The Labute approximate surface area is 200 Å². The molecule has 2 aromatic carbocycles. The number of carbonyl (C=O) groups is 4. The van der Waals surface area contributed by atoms with Crippen molar-refractivity contribution in [3.8, 4) is 0 Å². The second-order valence-corrected chi connectivity index (χ2v) is 8.97. The van der Waals surface area contributed by atoms with Gasteiger partial charge in [0.05, 0.1) is 10.7 Å². The summed E-state index contributed by atoms with van der Waals surface area (Å²) in [5, 5.41) is 8.69. The van der Waals surface area contributed by atoms with Crippen LogP contribution in [0.2, 0.25) is 10.0 Å². The molecule has 2 heterocycles. The van der Waals surface area contributed by atoms with Crippen LogP contribution in [-0.4, -0.2) is 34.7 Å². The van der Waals surface area contributed by atoms with Gasteiger partial charge in [-0.3, -0.25) is 19.7 Å². The highest BCUT2D eigenvalue weighted by atomic mass is 35.5. The molecule has 10 heteroatoms. The number of piperidine rings is 1. The lowest BCUT2D eigenvalue weighted by molar-refractivity contribution is -0.136. The van der Waals surface area contributed by atoms with E-state index < -0.39 is 18.0 Å². The van der Waals surface area contributed by atoms with Gasteiger partial charge in [-0.15, -0.1) is 0 Å². The Balaban J connectivity index is 1.41. The molecule has 0 aliphatic carbocycles. The SMILES string of the molecule is Cc1cc(Cl)c(NC(=O)NCc2ccc3c(c2)C(=O)N(C2CCC(=O)NC2=O)C3)c(C)c1Cl. The van der Waals surface area contributed by atoms with Gasteiger partial charge < -0.3 is 15.5 Å². The van der Waals surface area contributed by atoms with Gasteiger partial charge in [-0.05, 0) is 54.7 Å². The summed E-state index contributed by atoms with van der Waals surface area (Å²) in [7, 11) is 0. The van der Waals surface area contributed by atoms with Crippen LogP contribution in [0.15, 0.2) is 24.3 Å². The molecule has 0 aromatic heterocycles. The average Bonchev–Trinajstić information content (AvgIpc) is 3.09. The van der Waals surface area contributed by atoms with E-state index in [1.807, 2.05) is 19.1 Å². The Hall–Kier alpha value is -3.10. The number of halogens is 2. The number of amides is 5. The maximum absolute atomic E-state index is 12.9. The molecule has 1 fully saturated rings. The minimum absolute atomic E-state index is 0.182. The summed E-state index contributed by atoms with van der Waals surface area (Å²) < 4.78 is 0. The zero-order chi connectivity index (χ0) is 23.9. The van der Waals surface area contributed by atoms with Gasteiger partial charge in [0.1, 0.15) is 6.04 Å². The molecular formula is C23H22Cl2N4O4. The Bertz CT molecular complexity index is 1200. The third-order valence-corrected chi connectivity index (χ3v) is 6.80. The Morgan fingerprint density at radius 2 is 1.94 bits per heavy atom. The summed E-state index contributed by atoms with van der Waals surface area (Å²) in [4.78, 5) is 50.4. The number of fused-ring (bicyclic) bond motifs is 1. The molecule has 1 unspecified atom stereocenters. The summed E-state index contributed by atoms with van der Waals surface area (Å²) >= 11 is 12.5. The zero-order valence-corrected chi connectivity index (χ0v) is 19.6. The van der Waals surface area contributed by atoms with Crippen molar-refractivity contribution in [3.05, 3.63) is 62.1 Å². The molecule has 1 saturated heterocycles. The highest BCUT2D eigenvalue weighted by molar-refractivity contribution is 6.37. The molecule has 1 atom stereocenters. The summed E-state index contributed by atoms with van der Waals surface area (Å²) in [6, 6.07) is 5.91. The topological polar surface area (TPSA) is 108 Å². The molecule has 0 spiro atoms. The number of nitrogens with zero attached hydrogens (tertiary/aromatic N) is 1. The molecule has 8 nitrogen and oxygen atoms in total. The van der Waals surface area contributed by atoms with Gasteiger partial charge in [-0.25, -0.2) is 4.79 Å². The molecule has 0 bridgehead atoms. The predicted octanol–water partition coefficient (Wildman–Crippen LogP) is 3.69. The summed E-state index contributed by atoms with van der Waals surface area (Å²) in [5.74, 6) is -1.03. The van der Waals surface area contributed by atoms with Crippen molar-refractivity contribution in [2.75, 3.05) is 5.32 Å². The Morgan fingerprint density at radius 1 is 1.18 bits per heavy atom. The van der Waals surface area contributed by atoms with Crippen LogP contribution in [-0.2, 0) is 22.7 Å². The van der Waals surface area contributed by atoms with Crippen molar-refractivity contribution in [3.63, 3.8) is 0 Å². The first-order valence-electron chi connectivity index (χ1n) is 10.4. The maximum atomic E-state index is 12.9. The Morgan fingerprint density at radius 3 is 2.67 bits per heavy atom. The van der Waals surface area contributed by atoms with E-state index in [9.17, 15) is 19.2 Å². The molecule has 172 valence electrons. The summed E-state index contributed by atoms with van der Waals surface area (Å²) in [6.45, 7) is 4.10. The van der Waals surface area contributed by atoms with Crippen molar-refractivity contribution in [2.45, 2.75) is 45.8 Å². The molecule has 2 aliphatic rings. The first-order valence-corrected chi connectivity index (χ1v) is 11.2. The first kappa shape index (κ1) is 23.1. The number of hydrogen-bond donors (Lipinski definition) is 3. The van der Waals surface area contributed by atoms with Gasteiger partial charge in [0.15, 0.2) is 0 Å². The largest absolute Gasteiger partial charge is 0.334 e. The standard InChI is InChI=1S/C23H22Cl2N4O4/c1-11-7-16(24)20(12(2)19(11)25)28-23(33)26-9-13-3-4-14-10-29(22(32)15(14)8-13)17-5-6-18(30)27-21(17)31/h3-4,7-8,17H,5-6,9-10H2,1-2H3,(H2,26,28,33)(H,27,30,31). The van der Waals surface area contributed by atoms with E-state index in [4.69, 9.17) is 23.2 Å². The number of carbonyl (C=O) groups excluding carboxylic acids is 4. The molecule has 5 amide bonds. The highest BCUT2D eigenvalue weighted by Crippen LogP contribution is 2.34. The summed E-state index contributed by atoms with van der Waals surface area (Å²) in [6.07, 6.45) is 0.514. The van der Waals surface area contributed by atoms with Gasteiger partial charge in [0, 0.05) is 30.1 Å². The van der Waals surface area contributed by atoms with Gasteiger partial charge in [-0.1, -0.05) is 35.3 Å². The fraction of sp³-hybridized carbons (Fsp3) is 0.304. The third kappa shape index (κ3) is 4.54. The number of imide groups is 1. The summed E-state index contributed by atoms with van der Waals surface area (Å²) in [5.41, 5.74) is 3.95. The molecule has 0 radical (unpaired) electrons. The third-order valence-electron chi connectivity index (χ3n) is 5.92. The van der Waals surface area contributed by atoms with E-state index in [1.54, 1.807) is 19.1 Å². The number of benzene rings is 2. The second-order valence-electron chi connectivity index (χ2n) is 8.19. The predicted molar refractivity (Wildman–Crippen MR) is 124 cm³/mol. The molecule has 3 N–H and O–H groups in total. The van der Waals surface area contributed by atoms with Crippen LogP contribution in [0.4, 0.5) is 10.5 Å². The van der Waals surface area contributed by atoms with E-state index in [2.05, 4.69) is 16.0 Å². The second kappa shape index (κ2) is 9.03. The molecule has 0 saturated carbocycles.